The first-order valence-electron chi connectivity index (χ1n) is 11.9. The molecule has 1 aromatic carbocycles. The Labute approximate surface area is 207 Å². The average Bonchev–Trinajstić information content (AvgIpc) is 3.44. The predicted octanol–water partition coefficient (Wildman–Crippen LogP) is 0.736. The molecule has 11 nitrogen and oxygen atoms in total. The number of H-pyrrole nitrogens is 1. The van der Waals surface area contributed by atoms with Crippen LogP contribution in [0.1, 0.15) is 43.5 Å². The van der Waals surface area contributed by atoms with Crippen LogP contribution in [0.5, 0.6) is 11.5 Å². The van der Waals surface area contributed by atoms with Gasteiger partial charge in [-0.25, -0.2) is 4.79 Å². The summed E-state index contributed by atoms with van der Waals surface area (Å²) in [5.41, 5.74) is 6.63. The van der Waals surface area contributed by atoms with E-state index in [1.165, 1.54) is 14.1 Å². The number of nitrogens with one attached hydrogen (secondary N) is 1. The molecule has 1 aliphatic carbocycles. The lowest BCUT2D eigenvalue weighted by molar-refractivity contribution is -0.155. The van der Waals surface area contributed by atoms with Crippen molar-refractivity contribution in [3.05, 3.63) is 40.2 Å². The number of carbonyl (C=O) groups is 4. The summed E-state index contributed by atoms with van der Waals surface area (Å²) in [4.78, 5) is 60.0. The molecule has 36 heavy (non-hydrogen) atoms. The number of urea groups is 1. The molecule has 4 aliphatic rings. The molecule has 11 heteroatoms. The zero-order valence-electron chi connectivity index (χ0n) is 20.5. The smallest absolute Gasteiger partial charge is 0.329 e. The number of fused-ring (bicyclic) bond motifs is 7. The maximum atomic E-state index is 14.3. The molecule has 2 aromatic rings. The molecule has 1 aromatic heterocycles. The summed E-state index contributed by atoms with van der Waals surface area (Å²) in [6.07, 6.45) is 2.56. The second-order valence-corrected chi connectivity index (χ2v) is 10.6. The number of nitrogens with two attached hydrogens (primary N) is 1. The van der Waals surface area contributed by atoms with Crippen LogP contribution in [0.15, 0.2) is 12.3 Å². The van der Waals surface area contributed by atoms with Gasteiger partial charge in [-0.05, 0) is 18.5 Å². The Hall–Kier alpha value is -3.70. The van der Waals surface area contributed by atoms with Gasteiger partial charge in [0.2, 0.25) is 0 Å². The van der Waals surface area contributed by atoms with Crippen molar-refractivity contribution in [2.24, 2.45) is 11.7 Å². The standard InChI is InChI=1S/C25H27N5O6/c1-28-23(34)25(29(2)24(28)35)18-17(21(33)19-15(20(18)32)11(5-7-26)10-27-19)16-12-6-8-30(3,4)13(12)9-14(31)22(16)36-25/h9-10,17-18H,5-8,26H2,1-4H3,(H-,27,31,32,33)/p+1/t17?,18?,25-/m0/s1. The molecule has 1 spiro atoms. The average molecular weight is 495 g/mol. The number of rotatable bonds is 2. The monoisotopic (exact) mass is 494 g/mol. The fraction of sp³-hybridized carbons (Fsp3) is 0.440. The molecule has 3 aliphatic heterocycles. The number of imide groups is 1. The van der Waals surface area contributed by atoms with Crippen LogP contribution in [0.3, 0.4) is 0 Å². The molecule has 4 heterocycles. The Morgan fingerprint density at radius 2 is 1.94 bits per heavy atom. The van der Waals surface area contributed by atoms with Crippen LogP contribution in [0, 0.1) is 5.92 Å². The third kappa shape index (κ3) is 2.44. The topological polar surface area (TPSA) is 146 Å². The number of Topliss-reactive ketones (excluding diaryl/α,β-unsaturated/α-hetero) is 2. The summed E-state index contributed by atoms with van der Waals surface area (Å²) in [6, 6.07) is 0.928. The Morgan fingerprint density at radius 1 is 1.22 bits per heavy atom. The zero-order valence-corrected chi connectivity index (χ0v) is 20.5. The fourth-order valence-electron chi connectivity index (χ4n) is 6.56. The predicted molar refractivity (Wildman–Crippen MR) is 128 cm³/mol. The minimum atomic E-state index is -2.11. The lowest BCUT2D eigenvalue weighted by Crippen LogP contribution is -2.65. The Kier molecular flexibility index (Phi) is 4.39. The number of amides is 3. The number of aromatic nitrogens is 1. The van der Waals surface area contributed by atoms with Crippen molar-refractivity contribution in [1.29, 1.82) is 0 Å². The van der Waals surface area contributed by atoms with Crippen LogP contribution in [0.2, 0.25) is 0 Å². The van der Waals surface area contributed by atoms with Crippen molar-refractivity contribution in [1.82, 2.24) is 19.3 Å². The van der Waals surface area contributed by atoms with Gasteiger partial charge in [-0.2, -0.15) is 0 Å². The van der Waals surface area contributed by atoms with Gasteiger partial charge in [0.1, 0.15) is 11.6 Å². The van der Waals surface area contributed by atoms with E-state index < -0.39 is 35.3 Å². The molecule has 1 saturated heterocycles. The van der Waals surface area contributed by atoms with Gasteiger partial charge in [0.05, 0.1) is 32.3 Å². The van der Waals surface area contributed by atoms with Gasteiger partial charge < -0.3 is 20.6 Å². The van der Waals surface area contributed by atoms with E-state index in [2.05, 4.69) is 4.98 Å². The number of aromatic amines is 1. The van der Waals surface area contributed by atoms with Gasteiger partial charge in [0.15, 0.2) is 23.1 Å². The van der Waals surface area contributed by atoms with E-state index in [9.17, 15) is 24.3 Å². The second kappa shape index (κ2) is 6.95. The van der Waals surface area contributed by atoms with Crippen LogP contribution in [0.25, 0.3) is 0 Å². The number of hydrogen-bond acceptors (Lipinski definition) is 7. The Bertz CT molecular complexity index is 1410. The van der Waals surface area contributed by atoms with Crippen molar-refractivity contribution in [3.63, 3.8) is 0 Å². The minimum Gasteiger partial charge on any atom is -0.504 e. The van der Waals surface area contributed by atoms with Crippen molar-refractivity contribution in [2.75, 3.05) is 41.3 Å². The van der Waals surface area contributed by atoms with Crippen LogP contribution in [-0.4, -0.2) is 90.4 Å². The third-order valence-corrected chi connectivity index (χ3v) is 8.40. The van der Waals surface area contributed by atoms with Crippen molar-refractivity contribution < 1.29 is 29.0 Å². The van der Waals surface area contributed by atoms with Gasteiger partial charge >= 0.3 is 6.03 Å². The lowest BCUT2D eigenvalue weighted by atomic mass is 9.64. The highest BCUT2D eigenvalue weighted by Crippen LogP contribution is 2.59. The first-order valence-corrected chi connectivity index (χ1v) is 11.9. The maximum Gasteiger partial charge on any atom is 0.329 e. The van der Waals surface area contributed by atoms with Gasteiger partial charge in [-0.3, -0.25) is 28.7 Å². The van der Waals surface area contributed by atoms with E-state index >= 15 is 0 Å². The molecule has 0 radical (unpaired) electrons. The van der Waals surface area contributed by atoms with E-state index in [1.807, 2.05) is 14.1 Å². The van der Waals surface area contributed by atoms with E-state index in [-0.39, 0.29) is 35.1 Å². The largest absolute Gasteiger partial charge is 0.504 e. The van der Waals surface area contributed by atoms with E-state index in [1.54, 1.807) is 12.3 Å². The molecule has 3 atom stereocenters. The number of likely N-dealkylation sites (N-methyl/N-ethyl adjacent to an activating group) is 3. The van der Waals surface area contributed by atoms with Crippen LogP contribution < -0.4 is 15.0 Å². The molecule has 0 bridgehead atoms. The summed E-state index contributed by atoms with van der Waals surface area (Å²) in [7, 11) is 6.68. The number of benzene rings is 1. The molecule has 0 saturated carbocycles. The van der Waals surface area contributed by atoms with Gasteiger partial charge in [0, 0.05) is 49.5 Å². The number of hydrogen-bond donors (Lipinski definition) is 3. The summed E-state index contributed by atoms with van der Waals surface area (Å²) < 4.78 is 6.78. The number of ether oxygens (including phenoxy) is 1. The van der Waals surface area contributed by atoms with E-state index in [0.29, 0.717) is 28.5 Å². The molecule has 1 fully saturated rings. The van der Waals surface area contributed by atoms with Gasteiger partial charge in [-0.15, -0.1) is 0 Å². The van der Waals surface area contributed by atoms with E-state index in [0.717, 1.165) is 27.6 Å². The highest BCUT2D eigenvalue weighted by atomic mass is 16.5. The Balaban J connectivity index is 1.70. The number of aromatic hydroxyl groups is 1. The van der Waals surface area contributed by atoms with Gasteiger partial charge in [-0.1, -0.05) is 0 Å². The molecule has 2 unspecified atom stereocenters. The summed E-state index contributed by atoms with van der Waals surface area (Å²) in [5, 5.41) is 11.1. The Morgan fingerprint density at radius 3 is 2.58 bits per heavy atom. The van der Waals surface area contributed by atoms with E-state index in [4.69, 9.17) is 10.5 Å². The van der Waals surface area contributed by atoms with Crippen molar-refractivity contribution in [3.8, 4) is 11.5 Å². The first kappa shape index (κ1) is 22.7. The SMILES string of the molecule is CN1C(=O)N(C)[C@@]2(Oc3c(O)cc4c(c3C3C(=O)c5[nH]cc(CCN)c5C(=O)C32)CC[N+]4(C)C)C1=O. The lowest BCUT2D eigenvalue weighted by Gasteiger charge is -2.47. The number of ketones is 2. The highest BCUT2D eigenvalue weighted by molar-refractivity contribution is 6.22. The number of carbonyl (C=O) groups excluding carboxylic acids is 4. The molecular formula is C25H28N5O6+. The minimum absolute atomic E-state index is 0.0291. The van der Waals surface area contributed by atoms with Crippen molar-refractivity contribution in [2.45, 2.75) is 24.5 Å². The van der Waals surface area contributed by atoms with Crippen molar-refractivity contribution >= 4 is 29.2 Å². The first-order chi connectivity index (χ1) is 17.0. The molecule has 6 rings (SSSR count). The van der Waals surface area contributed by atoms with Crippen LogP contribution in [-0.2, 0) is 17.6 Å². The molecule has 3 amide bonds. The number of phenolic OH excluding ortho intramolecular Hbond substituents is 1. The maximum absolute atomic E-state index is 14.3. The number of nitrogens with zero attached hydrogens (tertiary/aromatic N) is 3. The van der Waals surface area contributed by atoms with Gasteiger partial charge in [0.25, 0.3) is 11.6 Å². The normalized spacial score (nSPS) is 27.8. The molecular weight excluding hydrogens is 466 g/mol. The molecule has 188 valence electrons. The van der Waals surface area contributed by atoms with Crippen LogP contribution in [0.4, 0.5) is 10.5 Å². The third-order valence-electron chi connectivity index (χ3n) is 8.40. The number of quaternary nitrogens is 1. The highest BCUT2D eigenvalue weighted by Gasteiger charge is 2.71. The summed E-state index contributed by atoms with van der Waals surface area (Å²) in [5.74, 6) is -4.31. The molecule has 4 N–H and O–H groups in total. The summed E-state index contributed by atoms with van der Waals surface area (Å²) >= 11 is 0. The number of phenols is 1. The fourth-order valence-corrected chi connectivity index (χ4v) is 6.56. The summed E-state index contributed by atoms with van der Waals surface area (Å²) in [6.45, 7) is 0.989. The van der Waals surface area contributed by atoms with Crippen LogP contribution >= 0.6 is 0 Å². The quantitative estimate of drug-likeness (QED) is 0.412. The zero-order chi connectivity index (χ0) is 25.9. The second-order valence-electron chi connectivity index (χ2n) is 10.6.